The fourth-order valence-corrected chi connectivity index (χ4v) is 6.33. The lowest BCUT2D eigenvalue weighted by Gasteiger charge is -2.65. The third kappa shape index (κ3) is 6.51. The second-order valence-corrected chi connectivity index (χ2v) is 13.3. The molecule has 1 saturated heterocycles. The van der Waals surface area contributed by atoms with E-state index in [1.165, 1.54) is 4.90 Å². The molecular weight excluding hydrogens is 514 g/mol. The van der Waals surface area contributed by atoms with E-state index in [1.54, 1.807) is 20.8 Å². The van der Waals surface area contributed by atoms with E-state index in [9.17, 15) is 37.9 Å². The number of carbonyl (C=O) groups is 5. The summed E-state index contributed by atoms with van der Waals surface area (Å²) in [5, 5.41) is 16.7. The monoisotopic (exact) mass is 554 g/mol. The van der Waals surface area contributed by atoms with Crippen LogP contribution in [0.1, 0.15) is 79.1 Å². The zero-order chi connectivity index (χ0) is 28.9. The maximum absolute atomic E-state index is 13.7. The molecule has 0 aromatic carbocycles. The first-order valence-corrected chi connectivity index (χ1v) is 13.8. The summed E-state index contributed by atoms with van der Waals surface area (Å²) >= 11 is 0. The second kappa shape index (κ2) is 10.3. The summed E-state index contributed by atoms with van der Waals surface area (Å²) < 4.78 is 27.4. The number of nitrogens with one attached hydrogen (secondary N) is 3. The Hall–Kier alpha value is -2.79. The van der Waals surface area contributed by atoms with Gasteiger partial charge in [0.05, 0.1) is 6.04 Å². The van der Waals surface area contributed by atoms with Crippen LogP contribution in [0.2, 0.25) is 0 Å². The van der Waals surface area contributed by atoms with Gasteiger partial charge in [0.15, 0.2) is 0 Å². The number of likely N-dealkylation sites (tertiary alicyclic amines) is 1. The van der Waals surface area contributed by atoms with Crippen molar-refractivity contribution >= 4 is 29.6 Å². The van der Waals surface area contributed by atoms with Crippen molar-refractivity contribution in [1.82, 2.24) is 20.9 Å². The molecule has 0 aromatic rings. The van der Waals surface area contributed by atoms with Gasteiger partial charge in [-0.2, -0.15) is 0 Å². The maximum Gasteiger partial charge on any atom is 0.405 e. The Morgan fingerprint density at radius 1 is 1.03 bits per heavy atom. The van der Waals surface area contributed by atoms with Crippen LogP contribution in [0, 0.1) is 22.7 Å². The topological polar surface area (TPSA) is 145 Å². The van der Waals surface area contributed by atoms with Gasteiger partial charge in [0.2, 0.25) is 23.5 Å². The van der Waals surface area contributed by atoms with Crippen LogP contribution < -0.4 is 16.0 Å². The number of carboxylic acid groups (broad SMARTS) is 1. The first kappa shape index (κ1) is 29.2. The molecule has 12 heteroatoms. The van der Waals surface area contributed by atoms with Crippen molar-refractivity contribution < 1.29 is 37.9 Å². The SMILES string of the molecule is CC(F)(F)CCC(NC(=O)[C@@H]1CC(C23CC(C2)C3)CN1C(=O)C(NC(=O)O)C(C)(C)C)C(=O)C(=O)NC1CC1. The zero-order valence-corrected chi connectivity index (χ0v) is 23.0. The number of hydrogen-bond donors (Lipinski definition) is 4. The smallest absolute Gasteiger partial charge is 0.405 e. The Balaban J connectivity index is 1.55. The van der Waals surface area contributed by atoms with Gasteiger partial charge in [-0.3, -0.25) is 19.2 Å². The highest BCUT2D eigenvalue weighted by atomic mass is 19.3. The first-order valence-electron chi connectivity index (χ1n) is 13.8. The standard InChI is InChI=1S/C27H40F2N4O6/c1-25(2,3)20(32-24(38)39)23(37)33-13-15(27-10-14(11-27)12-27)9-18(33)21(35)31-17(7-8-26(4,28)29)19(34)22(36)30-16-5-6-16/h14-18,20,32H,5-13H2,1-4H3,(H,30,36)(H,31,35)(H,38,39)/t14?,15?,17?,18-,20?,27?/m0/s1. The Morgan fingerprint density at radius 2 is 1.64 bits per heavy atom. The van der Waals surface area contributed by atoms with Crippen molar-refractivity contribution in [2.24, 2.45) is 22.7 Å². The molecule has 0 spiro atoms. The van der Waals surface area contributed by atoms with Crippen LogP contribution in [0.15, 0.2) is 0 Å². The number of ketones is 1. The lowest BCUT2D eigenvalue weighted by Crippen LogP contribution is -2.59. The average molecular weight is 555 g/mol. The minimum absolute atomic E-state index is 0.0277. The van der Waals surface area contributed by atoms with Crippen molar-refractivity contribution in [3.05, 3.63) is 0 Å². The van der Waals surface area contributed by atoms with Gasteiger partial charge in [0, 0.05) is 19.0 Å². The minimum atomic E-state index is -3.11. The molecule has 5 aliphatic rings. The number of alkyl halides is 2. The van der Waals surface area contributed by atoms with Crippen molar-refractivity contribution in [2.75, 3.05) is 6.54 Å². The van der Waals surface area contributed by atoms with E-state index in [4.69, 9.17) is 0 Å². The van der Waals surface area contributed by atoms with E-state index in [-0.39, 0.29) is 23.9 Å². The molecule has 4 aliphatic carbocycles. The van der Waals surface area contributed by atoms with Gasteiger partial charge in [0.25, 0.3) is 5.91 Å². The number of amides is 4. The Morgan fingerprint density at radius 3 is 2.10 bits per heavy atom. The van der Waals surface area contributed by atoms with Gasteiger partial charge in [-0.15, -0.1) is 0 Å². The van der Waals surface area contributed by atoms with Crippen molar-refractivity contribution in [3.8, 4) is 0 Å². The second-order valence-electron chi connectivity index (χ2n) is 13.3. The predicted molar refractivity (Wildman–Crippen MR) is 136 cm³/mol. The summed E-state index contributed by atoms with van der Waals surface area (Å²) in [6.45, 7) is 6.12. The fourth-order valence-electron chi connectivity index (χ4n) is 6.33. The molecule has 4 N–H and O–H groups in total. The Kier molecular flexibility index (Phi) is 7.72. The van der Waals surface area contributed by atoms with E-state index in [1.807, 2.05) is 0 Å². The van der Waals surface area contributed by atoms with E-state index in [2.05, 4.69) is 16.0 Å². The van der Waals surface area contributed by atoms with Gasteiger partial charge in [-0.25, -0.2) is 13.6 Å². The summed E-state index contributed by atoms with van der Waals surface area (Å²) in [7, 11) is 0. The molecule has 10 nitrogen and oxygen atoms in total. The summed E-state index contributed by atoms with van der Waals surface area (Å²) in [6, 6.07) is -3.74. The molecule has 1 heterocycles. The summed E-state index contributed by atoms with van der Waals surface area (Å²) in [4.78, 5) is 65.6. The van der Waals surface area contributed by atoms with E-state index in [0.29, 0.717) is 19.3 Å². The highest BCUT2D eigenvalue weighted by molar-refractivity contribution is 6.38. The van der Waals surface area contributed by atoms with Crippen LogP contribution in [-0.2, 0) is 19.2 Å². The molecule has 218 valence electrons. The van der Waals surface area contributed by atoms with Gasteiger partial charge in [-0.05, 0) is 74.5 Å². The molecule has 5 fully saturated rings. The normalized spacial score (nSPS) is 29.4. The predicted octanol–water partition coefficient (Wildman–Crippen LogP) is 2.45. The third-order valence-electron chi connectivity index (χ3n) is 8.86. The Labute approximate surface area is 227 Å². The molecule has 4 atom stereocenters. The molecule has 3 unspecified atom stereocenters. The molecule has 2 bridgehead atoms. The molecular formula is C27H40F2N4O6. The van der Waals surface area contributed by atoms with Gasteiger partial charge in [-0.1, -0.05) is 20.8 Å². The highest BCUT2D eigenvalue weighted by Crippen LogP contribution is 2.69. The molecule has 39 heavy (non-hydrogen) atoms. The summed E-state index contributed by atoms with van der Waals surface area (Å²) in [5.41, 5.74) is -0.740. The number of Topliss-reactive ketones (excluding diaryl/α,β-unsaturated/α-hetero) is 1. The van der Waals surface area contributed by atoms with E-state index < -0.39 is 71.9 Å². The maximum atomic E-state index is 13.7. The number of hydrogen-bond acceptors (Lipinski definition) is 5. The van der Waals surface area contributed by atoms with Gasteiger partial charge >= 0.3 is 6.09 Å². The van der Waals surface area contributed by atoms with Crippen molar-refractivity contribution in [3.63, 3.8) is 0 Å². The average Bonchev–Trinajstić information content (AvgIpc) is 3.45. The highest BCUT2D eigenvalue weighted by Gasteiger charge is 2.63. The molecule has 4 amide bonds. The third-order valence-corrected chi connectivity index (χ3v) is 8.86. The largest absolute Gasteiger partial charge is 0.465 e. The van der Waals surface area contributed by atoms with Crippen LogP contribution >= 0.6 is 0 Å². The quantitative estimate of drug-likeness (QED) is 0.289. The summed E-state index contributed by atoms with van der Waals surface area (Å²) in [5.74, 6) is -5.58. The minimum Gasteiger partial charge on any atom is -0.465 e. The number of carbonyl (C=O) groups excluding carboxylic acids is 4. The number of halogens is 2. The summed E-state index contributed by atoms with van der Waals surface area (Å²) in [6.07, 6.45) is 2.34. The van der Waals surface area contributed by atoms with Crippen LogP contribution in [0.3, 0.4) is 0 Å². The Bertz CT molecular complexity index is 1020. The fraction of sp³-hybridized carbons (Fsp3) is 0.815. The molecule has 0 radical (unpaired) electrons. The molecule has 4 saturated carbocycles. The first-order chi connectivity index (χ1) is 18.0. The van der Waals surface area contributed by atoms with Crippen molar-refractivity contribution in [2.45, 2.75) is 109 Å². The lowest BCUT2D eigenvalue weighted by atomic mass is 9.40. The van der Waals surface area contributed by atoms with E-state index >= 15 is 0 Å². The molecule has 0 aromatic heterocycles. The van der Waals surface area contributed by atoms with Crippen LogP contribution in [0.4, 0.5) is 13.6 Å². The number of rotatable bonds is 11. The van der Waals surface area contributed by atoms with Crippen LogP contribution in [0.25, 0.3) is 0 Å². The van der Waals surface area contributed by atoms with Gasteiger partial charge in [0.1, 0.15) is 12.1 Å². The molecule has 5 rings (SSSR count). The van der Waals surface area contributed by atoms with E-state index in [0.717, 1.165) is 32.1 Å². The van der Waals surface area contributed by atoms with Gasteiger partial charge < -0.3 is 26.0 Å². The number of nitrogens with zero attached hydrogens (tertiary/aromatic N) is 1. The lowest BCUT2D eigenvalue weighted by molar-refractivity contribution is -0.151. The van der Waals surface area contributed by atoms with Crippen LogP contribution in [-0.4, -0.2) is 76.2 Å². The molecule has 1 aliphatic heterocycles. The zero-order valence-electron chi connectivity index (χ0n) is 23.0. The van der Waals surface area contributed by atoms with Crippen LogP contribution in [0.5, 0.6) is 0 Å². The van der Waals surface area contributed by atoms with Crippen molar-refractivity contribution in [1.29, 1.82) is 0 Å².